The van der Waals surface area contributed by atoms with E-state index in [0.29, 0.717) is 56.0 Å². The fraction of sp³-hybridized carbons (Fsp3) is 0.657. The third-order valence-electron chi connectivity index (χ3n) is 11.8. The molecule has 47 heavy (non-hydrogen) atoms. The summed E-state index contributed by atoms with van der Waals surface area (Å²) < 4.78 is 35.3. The summed E-state index contributed by atoms with van der Waals surface area (Å²) in [6.45, 7) is 6.73. The molecule has 0 radical (unpaired) electrons. The lowest BCUT2D eigenvalue weighted by molar-refractivity contribution is -0.138. The van der Waals surface area contributed by atoms with E-state index in [1.54, 1.807) is 29.2 Å². The smallest absolute Gasteiger partial charge is 0.281 e. The molecular formula is C35H46N6O5S. The first-order chi connectivity index (χ1) is 22.5. The summed E-state index contributed by atoms with van der Waals surface area (Å²) in [5.74, 6) is 3.27. The van der Waals surface area contributed by atoms with Crippen molar-refractivity contribution < 1.29 is 22.7 Å². The molecule has 7 aliphatic rings. The third kappa shape index (κ3) is 5.79. The highest BCUT2D eigenvalue weighted by Gasteiger charge is 2.51. The van der Waals surface area contributed by atoms with Gasteiger partial charge < -0.3 is 15.0 Å². The van der Waals surface area contributed by atoms with Crippen LogP contribution in [0, 0.1) is 29.1 Å². The predicted molar refractivity (Wildman–Crippen MR) is 178 cm³/mol. The third-order valence-corrected chi connectivity index (χ3v) is 13.1. The van der Waals surface area contributed by atoms with E-state index in [9.17, 15) is 18.0 Å². The minimum Gasteiger partial charge on any atom is -0.370 e. The van der Waals surface area contributed by atoms with Gasteiger partial charge in [0.2, 0.25) is 0 Å². The molecule has 252 valence electrons. The number of ether oxygens (including phenoxy) is 1. The molecule has 0 spiro atoms. The second kappa shape index (κ2) is 11.4. The van der Waals surface area contributed by atoms with Crippen LogP contribution < -0.4 is 19.8 Å². The topological polar surface area (TPSA) is 134 Å². The van der Waals surface area contributed by atoms with E-state index in [4.69, 9.17) is 9.72 Å². The van der Waals surface area contributed by atoms with Gasteiger partial charge in [-0.05, 0) is 125 Å². The fourth-order valence-electron chi connectivity index (χ4n) is 10.2. The fourth-order valence-corrected chi connectivity index (χ4v) is 11.1. The average molecular weight is 663 g/mol. The van der Waals surface area contributed by atoms with E-state index < -0.39 is 22.0 Å². The Hall–Kier alpha value is -3.25. The van der Waals surface area contributed by atoms with Gasteiger partial charge in [0, 0.05) is 31.6 Å². The molecule has 0 aromatic carbocycles. The second-order valence-corrected chi connectivity index (χ2v) is 17.5. The SMILES string of the molecule is CC1(C)C[C@@H]2CCCNc3cccc(n3)S(=O)(=O)NC(=O)c3ccc(N4CCC(OCC56CC7CC(CC(C7)C5)C6)C4=O)nc3N1C2. The summed E-state index contributed by atoms with van der Waals surface area (Å²) in [5, 5.41) is 2.99. The molecule has 2 aromatic heterocycles. The van der Waals surface area contributed by atoms with Crippen LogP contribution in [0.1, 0.15) is 88.4 Å². The first-order valence-corrected chi connectivity index (χ1v) is 19.0. The van der Waals surface area contributed by atoms with Gasteiger partial charge in [0.25, 0.3) is 21.8 Å². The van der Waals surface area contributed by atoms with Crippen molar-refractivity contribution >= 4 is 39.3 Å². The number of anilines is 3. The summed E-state index contributed by atoms with van der Waals surface area (Å²) >= 11 is 0. The van der Waals surface area contributed by atoms with Crippen molar-refractivity contribution in [3.63, 3.8) is 0 Å². The van der Waals surface area contributed by atoms with Gasteiger partial charge in [-0.25, -0.2) is 14.7 Å². The molecule has 8 bridgehead atoms. The molecule has 2 N–H and O–H groups in total. The van der Waals surface area contributed by atoms with Gasteiger partial charge in [0.1, 0.15) is 23.6 Å². The van der Waals surface area contributed by atoms with Gasteiger partial charge in [0.05, 0.1) is 12.2 Å². The van der Waals surface area contributed by atoms with Crippen molar-refractivity contribution in [2.45, 2.75) is 94.7 Å². The van der Waals surface area contributed by atoms with Gasteiger partial charge >= 0.3 is 0 Å². The van der Waals surface area contributed by atoms with Crippen LogP contribution in [-0.2, 0) is 19.6 Å². The van der Waals surface area contributed by atoms with Gasteiger partial charge in [-0.2, -0.15) is 8.42 Å². The first kappa shape index (κ1) is 31.0. The zero-order valence-corrected chi connectivity index (χ0v) is 28.2. The molecular weight excluding hydrogens is 616 g/mol. The number of sulfonamides is 1. The first-order valence-electron chi connectivity index (χ1n) is 17.5. The molecule has 9 rings (SSSR count). The Morgan fingerprint density at radius 1 is 0.936 bits per heavy atom. The highest BCUT2D eigenvalue weighted by atomic mass is 32.2. The molecule has 5 heterocycles. The highest BCUT2D eigenvalue weighted by Crippen LogP contribution is 2.60. The summed E-state index contributed by atoms with van der Waals surface area (Å²) in [6.07, 6.45) is 10.7. The number of fused-ring (bicyclic) bond motifs is 6. The highest BCUT2D eigenvalue weighted by molar-refractivity contribution is 7.90. The van der Waals surface area contributed by atoms with Gasteiger partial charge in [-0.1, -0.05) is 6.07 Å². The molecule has 6 fully saturated rings. The summed E-state index contributed by atoms with van der Waals surface area (Å²) in [7, 11) is -4.26. The molecule has 11 nitrogen and oxygen atoms in total. The van der Waals surface area contributed by atoms with E-state index >= 15 is 0 Å². The lowest BCUT2D eigenvalue weighted by atomic mass is 9.50. The Balaban J connectivity index is 1.06. The van der Waals surface area contributed by atoms with Crippen LogP contribution in [0.3, 0.4) is 0 Å². The van der Waals surface area contributed by atoms with Gasteiger partial charge in [-0.15, -0.1) is 0 Å². The zero-order chi connectivity index (χ0) is 32.6. The van der Waals surface area contributed by atoms with Crippen LogP contribution in [0.25, 0.3) is 0 Å². The van der Waals surface area contributed by atoms with Crippen LogP contribution in [-0.4, -0.2) is 68.1 Å². The number of hydrogen-bond acceptors (Lipinski definition) is 9. The quantitative estimate of drug-likeness (QED) is 0.476. The number of hydrogen-bond donors (Lipinski definition) is 2. The normalized spacial score (nSPS) is 34.0. The maximum Gasteiger partial charge on any atom is 0.281 e. The Labute approximate surface area is 277 Å². The number of carbonyl (C=O) groups is 2. The van der Waals surface area contributed by atoms with Gasteiger partial charge in [-0.3, -0.25) is 14.5 Å². The Morgan fingerprint density at radius 2 is 1.68 bits per heavy atom. The number of aromatic nitrogens is 2. The maximum atomic E-state index is 13.8. The minimum absolute atomic E-state index is 0.0941. The zero-order valence-electron chi connectivity index (χ0n) is 27.4. The van der Waals surface area contributed by atoms with Crippen molar-refractivity contribution in [3.05, 3.63) is 35.9 Å². The molecule has 2 atom stereocenters. The molecule has 3 aliphatic heterocycles. The number of nitrogens with one attached hydrogen (secondary N) is 2. The van der Waals surface area contributed by atoms with Crippen molar-refractivity contribution in [2.24, 2.45) is 29.1 Å². The summed E-state index contributed by atoms with van der Waals surface area (Å²) in [6, 6.07) is 7.96. The molecule has 1 unspecified atom stereocenters. The van der Waals surface area contributed by atoms with E-state index in [0.717, 1.165) is 37.0 Å². The van der Waals surface area contributed by atoms with Crippen molar-refractivity contribution in [1.82, 2.24) is 14.7 Å². The van der Waals surface area contributed by atoms with Crippen LogP contribution in [0.15, 0.2) is 35.4 Å². The van der Waals surface area contributed by atoms with E-state index in [1.165, 1.54) is 44.6 Å². The Morgan fingerprint density at radius 3 is 2.43 bits per heavy atom. The molecule has 2 saturated heterocycles. The molecule has 4 aliphatic carbocycles. The second-order valence-electron chi connectivity index (χ2n) is 15.9. The van der Waals surface area contributed by atoms with Crippen LogP contribution >= 0.6 is 0 Å². The number of pyridine rings is 2. The minimum atomic E-state index is -4.26. The predicted octanol–water partition coefficient (Wildman–Crippen LogP) is 4.74. The number of nitrogens with zero attached hydrogens (tertiary/aromatic N) is 4. The molecule has 2 amide bonds. The van der Waals surface area contributed by atoms with Crippen molar-refractivity contribution in [3.8, 4) is 0 Å². The number of amides is 2. The molecule has 2 aromatic rings. The standard InChI is InChI=1S/C35H46N6O5S/c1-34(2)16-22-5-4-11-36-28-6-3-7-30(37-28)47(44,45)39-32(42)26-8-9-29(38-31(26)41(34)20-22)40-12-10-27(33(40)43)46-21-35-17-23-13-24(18-35)15-25(14-23)19-35/h3,6-9,22-25,27H,4-5,10-21H2,1-2H3,(H,36,37)(H,39,42)/t22-,23?,24?,25?,27?,35?/m0/s1. The Bertz CT molecular complexity index is 1660. The van der Waals surface area contributed by atoms with Crippen molar-refractivity contribution in [2.75, 3.05) is 41.4 Å². The summed E-state index contributed by atoms with van der Waals surface area (Å²) in [5.41, 5.74) is 0.0449. The number of rotatable bonds is 4. The monoisotopic (exact) mass is 662 g/mol. The molecule has 4 saturated carbocycles. The number of carbonyl (C=O) groups excluding carboxylic acids is 2. The molecule has 12 heteroatoms. The summed E-state index contributed by atoms with van der Waals surface area (Å²) in [4.78, 5) is 40.6. The lowest BCUT2D eigenvalue weighted by Crippen LogP contribution is -2.49. The van der Waals surface area contributed by atoms with E-state index in [2.05, 4.69) is 33.8 Å². The van der Waals surface area contributed by atoms with E-state index in [-0.39, 0.29) is 27.5 Å². The van der Waals surface area contributed by atoms with Crippen molar-refractivity contribution in [1.29, 1.82) is 0 Å². The van der Waals surface area contributed by atoms with Crippen LogP contribution in [0.5, 0.6) is 0 Å². The van der Waals surface area contributed by atoms with Gasteiger partial charge in [0.15, 0.2) is 5.03 Å². The van der Waals surface area contributed by atoms with Crippen LogP contribution in [0.2, 0.25) is 0 Å². The Kier molecular flexibility index (Phi) is 7.55. The lowest BCUT2D eigenvalue weighted by Gasteiger charge is -2.56. The largest absolute Gasteiger partial charge is 0.370 e. The van der Waals surface area contributed by atoms with Crippen LogP contribution in [0.4, 0.5) is 17.5 Å². The van der Waals surface area contributed by atoms with E-state index in [1.807, 2.05) is 0 Å². The average Bonchev–Trinajstić information content (AvgIpc) is 3.54. The maximum absolute atomic E-state index is 13.8.